The average Bonchev–Trinajstić information content (AvgIpc) is 2.81. The van der Waals surface area contributed by atoms with Crippen LogP contribution in [-0.4, -0.2) is 37.4 Å². The molecule has 8 nitrogen and oxygen atoms in total. The zero-order valence-electron chi connectivity index (χ0n) is 22.4. The number of carboxylic acids is 1. The van der Waals surface area contributed by atoms with Gasteiger partial charge in [-0.1, -0.05) is 36.4 Å². The first-order chi connectivity index (χ1) is 18.1. The van der Waals surface area contributed by atoms with Crippen LogP contribution in [0.2, 0.25) is 0 Å². The number of sulfone groups is 1. The minimum absolute atomic E-state index is 0.0258. The van der Waals surface area contributed by atoms with Gasteiger partial charge in [-0.05, 0) is 63.1 Å². The van der Waals surface area contributed by atoms with E-state index in [2.05, 4.69) is 5.32 Å². The molecular formula is C29H32FNO7S. The molecule has 1 atom stereocenters. The number of para-hydroxylation sites is 1. The number of hydrogen-bond donors (Lipinski definition) is 2. The van der Waals surface area contributed by atoms with Crippen molar-refractivity contribution in [2.75, 3.05) is 6.26 Å². The second kappa shape index (κ2) is 11.9. The van der Waals surface area contributed by atoms with Crippen LogP contribution in [0.15, 0.2) is 65.6 Å². The van der Waals surface area contributed by atoms with Crippen LogP contribution >= 0.6 is 0 Å². The van der Waals surface area contributed by atoms with E-state index < -0.39 is 39.4 Å². The summed E-state index contributed by atoms with van der Waals surface area (Å²) in [5.41, 5.74) is 0.839. The molecule has 0 fully saturated rings. The number of ether oxygens (including phenoxy) is 2. The predicted molar refractivity (Wildman–Crippen MR) is 145 cm³/mol. The minimum atomic E-state index is -3.66. The van der Waals surface area contributed by atoms with E-state index >= 15 is 4.39 Å². The van der Waals surface area contributed by atoms with Crippen LogP contribution < -0.4 is 10.1 Å². The van der Waals surface area contributed by atoms with Gasteiger partial charge in [0.25, 0.3) is 0 Å². The van der Waals surface area contributed by atoms with Crippen LogP contribution in [0.5, 0.6) is 5.75 Å². The van der Waals surface area contributed by atoms with Crippen molar-refractivity contribution >= 4 is 21.9 Å². The lowest BCUT2D eigenvalue weighted by atomic mass is 9.97. The van der Waals surface area contributed by atoms with Gasteiger partial charge in [0.1, 0.15) is 23.8 Å². The van der Waals surface area contributed by atoms with Gasteiger partial charge in [0.2, 0.25) is 0 Å². The number of halogens is 1. The van der Waals surface area contributed by atoms with Crippen LogP contribution in [0, 0.1) is 5.82 Å². The molecule has 0 saturated heterocycles. The molecule has 2 N–H and O–H groups in total. The summed E-state index contributed by atoms with van der Waals surface area (Å²) in [7, 11) is -3.66. The number of carbonyl (C=O) groups is 2. The minimum Gasteiger partial charge on any atom is -0.489 e. The zero-order valence-corrected chi connectivity index (χ0v) is 23.3. The molecule has 0 heterocycles. The topological polar surface area (TPSA) is 119 Å². The zero-order chi connectivity index (χ0) is 29.0. The van der Waals surface area contributed by atoms with Crippen molar-refractivity contribution in [2.45, 2.75) is 57.3 Å². The maximum Gasteiger partial charge on any atom is 0.408 e. The third kappa shape index (κ3) is 8.28. The molecular weight excluding hydrogens is 525 g/mol. The number of benzene rings is 3. The van der Waals surface area contributed by atoms with E-state index in [1.807, 2.05) is 0 Å². The summed E-state index contributed by atoms with van der Waals surface area (Å²) < 4.78 is 51.8. The van der Waals surface area contributed by atoms with E-state index in [9.17, 15) is 18.0 Å². The SMILES string of the molecule is CC(NC(=O)OC(C)(C)C)c1cccc(-c2cc(COc3ccccc3CC(=O)O)cc(S(C)(=O)=O)c2)c1F. The van der Waals surface area contributed by atoms with E-state index in [-0.39, 0.29) is 29.1 Å². The van der Waals surface area contributed by atoms with Gasteiger partial charge in [-0.25, -0.2) is 17.6 Å². The van der Waals surface area contributed by atoms with Crippen LogP contribution in [0.3, 0.4) is 0 Å². The van der Waals surface area contributed by atoms with Crippen LogP contribution in [0.25, 0.3) is 11.1 Å². The fraction of sp³-hybridized carbons (Fsp3) is 0.310. The molecule has 1 unspecified atom stereocenters. The smallest absolute Gasteiger partial charge is 0.408 e. The lowest BCUT2D eigenvalue weighted by molar-refractivity contribution is -0.136. The largest absolute Gasteiger partial charge is 0.489 e. The van der Waals surface area contributed by atoms with Crippen molar-refractivity contribution in [3.8, 4) is 16.9 Å². The van der Waals surface area contributed by atoms with E-state index in [0.29, 0.717) is 22.4 Å². The van der Waals surface area contributed by atoms with Crippen LogP contribution in [0.1, 0.15) is 50.4 Å². The molecule has 0 aliphatic rings. The van der Waals surface area contributed by atoms with E-state index in [1.54, 1.807) is 64.1 Å². The summed E-state index contributed by atoms with van der Waals surface area (Å²) in [6.07, 6.45) is 0.123. The van der Waals surface area contributed by atoms with Gasteiger partial charge in [0, 0.05) is 22.9 Å². The Balaban J connectivity index is 1.96. The number of rotatable bonds is 9. The highest BCUT2D eigenvalue weighted by Crippen LogP contribution is 2.31. The normalized spacial score (nSPS) is 12.5. The lowest BCUT2D eigenvalue weighted by Gasteiger charge is -2.22. The maximum atomic E-state index is 15.8. The first-order valence-corrected chi connectivity index (χ1v) is 14.1. The molecule has 3 aromatic rings. The second-order valence-electron chi connectivity index (χ2n) is 10.2. The fourth-order valence-electron chi connectivity index (χ4n) is 3.90. The summed E-state index contributed by atoms with van der Waals surface area (Å²) in [6, 6.07) is 15.0. The van der Waals surface area contributed by atoms with Gasteiger partial charge in [0.15, 0.2) is 9.84 Å². The quantitative estimate of drug-likeness (QED) is 0.347. The molecule has 10 heteroatoms. The van der Waals surface area contributed by atoms with Crippen molar-refractivity contribution in [1.82, 2.24) is 5.32 Å². The van der Waals surface area contributed by atoms with E-state index in [0.717, 1.165) is 6.26 Å². The highest BCUT2D eigenvalue weighted by molar-refractivity contribution is 7.90. The number of nitrogens with one attached hydrogen (secondary N) is 1. The molecule has 0 bridgehead atoms. The number of alkyl carbamates (subject to hydrolysis) is 1. The Labute approximate surface area is 227 Å². The Bertz CT molecular complexity index is 1480. The summed E-state index contributed by atoms with van der Waals surface area (Å²) in [6.45, 7) is 6.70. The Morgan fingerprint density at radius 1 is 1.05 bits per heavy atom. The molecule has 3 rings (SSSR count). The first-order valence-electron chi connectivity index (χ1n) is 12.2. The summed E-state index contributed by atoms with van der Waals surface area (Å²) in [5.74, 6) is -1.29. The van der Waals surface area contributed by atoms with Crippen molar-refractivity contribution < 1.29 is 37.0 Å². The van der Waals surface area contributed by atoms with Crippen molar-refractivity contribution in [2.24, 2.45) is 0 Å². The van der Waals surface area contributed by atoms with E-state index in [1.165, 1.54) is 24.3 Å². The van der Waals surface area contributed by atoms with E-state index in [4.69, 9.17) is 14.6 Å². The molecule has 0 aliphatic carbocycles. The van der Waals surface area contributed by atoms with Crippen molar-refractivity contribution in [1.29, 1.82) is 0 Å². The number of hydrogen-bond acceptors (Lipinski definition) is 6. The first kappa shape index (κ1) is 29.6. The number of carbonyl (C=O) groups excluding carboxylic acids is 1. The number of amides is 1. The van der Waals surface area contributed by atoms with Crippen molar-refractivity contribution in [3.05, 3.63) is 83.2 Å². The summed E-state index contributed by atoms with van der Waals surface area (Å²) >= 11 is 0. The third-order valence-corrected chi connectivity index (χ3v) is 6.73. The Hall–Kier alpha value is -3.92. The van der Waals surface area contributed by atoms with Crippen molar-refractivity contribution in [3.63, 3.8) is 0 Å². The predicted octanol–water partition coefficient (Wildman–Crippen LogP) is 5.69. The Morgan fingerprint density at radius 3 is 2.38 bits per heavy atom. The highest BCUT2D eigenvalue weighted by Gasteiger charge is 2.22. The monoisotopic (exact) mass is 557 g/mol. The van der Waals surface area contributed by atoms with Crippen LogP contribution in [0.4, 0.5) is 9.18 Å². The molecule has 0 saturated carbocycles. The third-order valence-electron chi connectivity index (χ3n) is 5.64. The van der Waals surface area contributed by atoms with Gasteiger partial charge in [-0.15, -0.1) is 0 Å². The number of aliphatic carboxylic acids is 1. The molecule has 208 valence electrons. The fourth-order valence-corrected chi connectivity index (χ4v) is 4.60. The van der Waals surface area contributed by atoms with Gasteiger partial charge in [0.05, 0.1) is 17.4 Å². The second-order valence-corrected chi connectivity index (χ2v) is 12.2. The van der Waals surface area contributed by atoms with Crippen LogP contribution in [-0.2, 0) is 32.4 Å². The standard InChI is InChI=1S/C29H32FNO7S/c1-18(31-28(34)38-29(2,3)4)23-10-8-11-24(27(23)30)21-13-19(14-22(15-21)39(5,35)36)17-37-25-12-7-6-9-20(25)16-26(32)33/h6-15,18H,16-17H2,1-5H3,(H,31,34)(H,32,33). The summed E-state index contributed by atoms with van der Waals surface area (Å²) in [5, 5.41) is 11.8. The molecule has 3 aromatic carbocycles. The average molecular weight is 558 g/mol. The maximum absolute atomic E-state index is 15.8. The molecule has 0 aliphatic heterocycles. The van der Waals surface area contributed by atoms with Gasteiger partial charge < -0.3 is 19.9 Å². The molecule has 0 spiro atoms. The van der Waals surface area contributed by atoms with Gasteiger partial charge >= 0.3 is 12.1 Å². The van der Waals surface area contributed by atoms with Gasteiger partial charge in [-0.2, -0.15) is 0 Å². The van der Waals surface area contributed by atoms with Gasteiger partial charge in [-0.3, -0.25) is 4.79 Å². The Morgan fingerprint density at radius 2 is 1.74 bits per heavy atom. The summed E-state index contributed by atoms with van der Waals surface area (Å²) in [4.78, 5) is 23.4. The lowest BCUT2D eigenvalue weighted by Crippen LogP contribution is -2.34. The molecule has 0 radical (unpaired) electrons. The molecule has 0 aromatic heterocycles. The molecule has 1 amide bonds. The number of carboxylic acid groups (broad SMARTS) is 1. The highest BCUT2D eigenvalue weighted by atomic mass is 32.2. The Kier molecular flexibility index (Phi) is 9.01. The molecule has 39 heavy (non-hydrogen) atoms.